The van der Waals surface area contributed by atoms with Gasteiger partial charge in [-0.3, -0.25) is 4.79 Å². The third-order valence-corrected chi connectivity index (χ3v) is 4.66. The second-order valence-electron chi connectivity index (χ2n) is 6.10. The predicted octanol–water partition coefficient (Wildman–Crippen LogP) is 5.41. The zero-order valence-corrected chi connectivity index (χ0v) is 14.5. The maximum Gasteiger partial charge on any atom is 0.303 e. The predicted molar refractivity (Wildman–Crippen MR) is 93.3 cm³/mol. The Hall–Kier alpha value is -1.48. The van der Waals surface area contributed by atoms with Crippen LogP contribution in [0.4, 0.5) is 0 Å². The van der Waals surface area contributed by atoms with Gasteiger partial charge in [0.25, 0.3) is 0 Å². The van der Waals surface area contributed by atoms with Crippen LogP contribution >= 0.6 is 11.6 Å². The SMILES string of the molecule is CCCC1=C(COc2ccc(CCC(=O)O)c(Cl)c2)CCCC1. The number of aliphatic carboxylic acids is 1. The summed E-state index contributed by atoms with van der Waals surface area (Å²) in [5.74, 6) is -0.0583. The summed E-state index contributed by atoms with van der Waals surface area (Å²) in [6.07, 6.45) is 7.79. The fourth-order valence-electron chi connectivity index (χ4n) is 3.04. The van der Waals surface area contributed by atoms with Crippen molar-refractivity contribution in [2.75, 3.05) is 6.61 Å². The summed E-state index contributed by atoms with van der Waals surface area (Å²) in [5.41, 5.74) is 3.87. The van der Waals surface area contributed by atoms with Crippen LogP contribution in [0.25, 0.3) is 0 Å². The van der Waals surface area contributed by atoms with E-state index in [0.29, 0.717) is 18.1 Å². The van der Waals surface area contributed by atoms with Gasteiger partial charge in [0.15, 0.2) is 0 Å². The average molecular weight is 337 g/mol. The smallest absolute Gasteiger partial charge is 0.303 e. The monoisotopic (exact) mass is 336 g/mol. The highest BCUT2D eigenvalue weighted by molar-refractivity contribution is 6.31. The Bertz CT molecular complexity index is 578. The van der Waals surface area contributed by atoms with Crippen molar-refractivity contribution < 1.29 is 14.6 Å². The molecule has 0 bridgehead atoms. The third kappa shape index (κ3) is 5.58. The van der Waals surface area contributed by atoms with Crippen molar-refractivity contribution in [3.8, 4) is 5.75 Å². The van der Waals surface area contributed by atoms with Crippen LogP contribution in [0.3, 0.4) is 0 Å². The molecule has 0 aliphatic heterocycles. The second kappa shape index (κ2) is 8.97. The summed E-state index contributed by atoms with van der Waals surface area (Å²) in [6, 6.07) is 5.54. The molecule has 0 heterocycles. The van der Waals surface area contributed by atoms with Gasteiger partial charge < -0.3 is 9.84 Å². The number of allylic oxidation sites excluding steroid dienone is 1. The van der Waals surface area contributed by atoms with Crippen molar-refractivity contribution in [3.05, 3.63) is 39.9 Å². The molecule has 4 heteroatoms. The van der Waals surface area contributed by atoms with Gasteiger partial charge in [0, 0.05) is 11.4 Å². The Morgan fingerprint density at radius 2 is 1.96 bits per heavy atom. The molecule has 0 saturated carbocycles. The molecule has 0 aromatic heterocycles. The van der Waals surface area contributed by atoms with Crippen LogP contribution in [-0.4, -0.2) is 17.7 Å². The van der Waals surface area contributed by atoms with E-state index in [-0.39, 0.29) is 6.42 Å². The summed E-state index contributed by atoms with van der Waals surface area (Å²) in [6.45, 7) is 2.86. The quantitative estimate of drug-likeness (QED) is 0.646. The van der Waals surface area contributed by atoms with Gasteiger partial charge in [-0.25, -0.2) is 0 Å². The molecule has 1 aliphatic carbocycles. The van der Waals surface area contributed by atoms with Crippen LogP contribution in [0, 0.1) is 0 Å². The van der Waals surface area contributed by atoms with Crippen molar-refractivity contribution in [2.24, 2.45) is 0 Å². The molecule has 0 amide bonds. The topological polar surface area (TPSA) is 46.5 Å². The maximum atomic E-state index is 10.6. The summed E-state index contributed by atoms with van der Waals surface area (Å²) in [7, 11) is 0. The molecule has 23 heavy (non-hydrogen) atoms. The van der Waals surface area contributed by atoms with E-state index >= 15 is 0 Å². The molecule has 0 spiro atoms. The number of aryl methyl sites for hydroxylation is 1. The number of ether oxygens (including phenoxy) is 1. The summed E-state index contributed by atoms with van der Waals surface area (Å²) in [4.78, 5) is 10.6. The lowest BCUT2D eigenvalue weighted by atomic mass is 9.89. The number of halogens is 1. The summed E-state index contributed by atoms with van der Waals surface area (Å²) < 4.78 is 5.92. The van der Waals surface area contributed by atoms with Gasteiger partial charge in [0.1, 0.15) is 12.4 Å². The molecular weight excluding hydrogens is 312 g/mol. The first kappa shape index (κ1) is 17.9. The van der Waals surface area contributed by atoms with Crippen molar-refractivity contribution in [1.29, 1.82) is 0 Å². The van der Waals surface area contributed by atoms with Crippen LogP contribution in [0.15, 0.2) is 29.3 Å². The molecule has 0 atom stereocenters. The van der Waals surface area contributed by atoms with Crippen LogP contribution in [-0.2, 0) is 11.2 Å². The molecular formula is C19H25ClO3. The molecule has 3 nitrogen and oxygen atoms in total. The number of carboxylic acids is 1. The van der Waals surface area contributed by atoms with E-state index < -0.39 is 5.97 Å². The molecule has 1 aromatic rings. The minimum Gasteiger partial charge on any atom is -0.489 e. The third-order valence-electron chi connectivity index (χ3n) is 4.30. The van der Waals surface area contributed by atoms with E-state index in [1.165, 1.54) is 37.7 Å². The Morgan fingerprint density at radius 1 is 1.22 bits per heavy atom. The number of rotatable bonds is 8. The van der Waals surface area contributed by atoms with Crippen LogP contribution in [0.5, 0.6) is 5.75 Å². The number of hydrogen-bond acceptors (Lipinski definition) is 2. The number of carbonyl (C=O) groups is 1. The lowest BCUT2D eigenvalue weighted by molar-refractivity contribution is -0.136. The molecule has 0 unspecified atom stereocenters. The fourth-order valence-corrected chi connectivity index (χ4v) is 3.31. The van der Waals surface area contributed by atoms with Gasteiger partial charge in [-0.1, -0.05) is 36.6 Å². The first-order chi connectivity index (χ1) is 11.1. The fraction of sp³-hybridized carbons (Fsp3) is 0.526. The van der Waals surface area contributed by atoms with Gasteiger partial charge in [0.2, 0.25) is 0 Å². The van der Waals surface area contributed by atoms with E-state index in [9.17, 15) is 4.79 Å². The van der Waals surface area contributed by atoms with Gasteiger partial charge in [-0.05, 0) is 61.8 Å². The van der Waals surface area contributed by atoms with Crippen molar-refractivity contribution >= 4 is 17.6 Å². The number of hydrogen-bond donors (Lipinski definition) is 1. The second-order valence-corrected chi connectivity index (χ2v) is 6.51. The van der Waals surface area contributed by atoms with E-state index in [0.717, 1.165) is 17.7 Å². The van der Waals surface area contributed by atoms with E-state index in [4.69, 9.17) is 21.4 Å². The molecule has 0 radical (unpaired) electrons. The van der Waals surface area contributed by atoms with E-state index in [1.54, 1.807) is 11.6 Å². The van der Waals surface area contributed by atoms with Gasteiger partial charge in [-0.2, -0.15) is 0 Å². The van der Waals surface area contributed by atoms with Crippen molar-refractivity contribution in [3.63, 3.8) is 0 Å². The standard InChI is InChI=1S/C19H25ClO3/c1-2-5-14-6-3-4-7-16(14)13-23-17-10-8-15(18(20)12-17)9-11-19(21)22/h8,10,12H,2-7,9,11,13H2,1H3,(H,21,22). The number of benzene rings is 1. The highest BCUT2D eigenvalue weighted by Gasteiger charge is 2.13. The van der Waals surface area contributed by atoms with Gasteiger partial charge in [0.05, 0.1) is 0 Å². The Labute approximate surface area is 143 Å². The minimum atomic E-state index is -0.811. The first-order valence-electron chi connectivity index (χ1n) is 8.43. The highest BCUT2D eigenvalue weighted by atomic mass is 35.5. The Kier molecular flexibility index (Phi) is 6.97. The molecule has 1 N–H and O–H groups in total. The van der Waals surface area contributed by atoms with E-state index in [1.807, 2.05) is 12.1 Å². The molecule has 0 saturated heterocycles. The molecule has 2 rings (SSSR count). The summed E-state index contributed by atoms with van der Waals surface area (Å²) >= 11 is 6.23. The van der Waals surface area contributed by atoms with Crippen molar-refractivity contribution in [1.82, 2.24) is 0 Å². The van der Waals surface area contributed by atoms with Crippen LogP contribution in [0.1, 0.15) is 57.4 Å². The van der Waals surface area contributed by atoms with Crippen LogP contribution in [0.2, 0.25) is 5.02 Å². The maximum absolute atomic E-state index is 10.6. The average Bonchev–Trinajstić information content (AvgIpc) is 2.53. The van der Waals surface area contributed by atoms with Crippen LogP contribution < -0.4 is 4.74 Å². The summed E-state index contributed by atoms with van der Waals surface area (Å²) in [5, 5.41) is 9.32. The first-order valence-corrected chi connectivity index (χ1v) is 8.80. The lowest BCUT2D eigenvalue weighted by Crippen LogP contribution is -2.09. The molecule has 126 valence electrons. The minimum absolute atomic E-state index is 0.0905. The van der Waals surface area contributed by atoms with Crippen molar-refractivity contribution in [2.45, 2.75) is 58.3 Å². The van der Waals surface area contributed by atoms with Gasteiger partial charge >= 0.3 is 5.97 Å². The largest absolute Gasteiger partial charge is 0.489 e. The van der Waals surface area contributed by atoms with E-state index in [2.05, 4.69) is 6.92 Å². The zero-order chi connectivity index (χ0) is 16.7. The zero-order valence-electron chi connectivity index (χ0n) is 13.7. The Balaban J connectivity index is 1.97. The number of carboxylic acid groups (broad SMARTS) is 1. The lowest BCUT2D eigenvalue weighted by Gasteiger charge is -2.20. The normalized spacial score (nSPS) is 14.9. The molecule has 1 aromatic carbocycles. The Morgan fingerprint density at radius 3 is 2.61 bits per heavy atom. The highest BCUT2D eigenvalue weighted by Crippen LogP contribution is 2.29. The molecule has 0 fully saturated rings. The molecule has 1 aliphatic rings. The van der Waals surface area contributed by atoms with Gasteiger partial charge in [-0.15, -0.1) is 0 Å².